The Morgan fingerprint density at radius 3 is 1.57 bits per heavy atom. The lowest BCUT2D eigenvalue weighted by atomic mass is 10.3. The fourth-order valence-electron chi connectivity index (χ4n) is 0.504. The third kappa shape index (κ3) is 3.60. The van der Waals surface area contributed by atoms with Crippen molar-refractivity contribution in [1.29, 1.82) is 0 Å². The van der Waals surface area contributed by atoms with Gasteiger partial charge in [-0.25, -0.2) is 0 Å². The summed E-state index contributed by atoms with van der Waals surface area (Å²) in [4.78, 5) is 0. The molecule has 0 radical (unpaired) electrons. The van der Waals surface area contributed by atoms with Crippen molar-refractivity contribution in [2.24, 2.45) is 0 Å². The molecular weight excluding hydrogens is 244 g/mol. The van der Waals surface area contributed by atoms with Crippen molar-refractivity contribution in [2.75, 3.05) is 6.07 Å². The summed E-state index contributed by atoms with van der Waals surface area (Å²) in [5.74, 6) is 0. The largest absolute Gasteiger partial charge is 0.454 e. The fourth-order valence-corrected chi connectivity index (χ4v) is 0.599. The molecular formula is C5H2ClF7O. The third-order valence-corrected chi connectivity index (χ3v) is 1.05. The molecule has 0 unspecified atom stereocenters. The summed E-state index contributed by atoms with van der Waals surface area (Å²) in [6.45, 7) is 0. The van der Waals surface area contributed by atoms with E-state index in [1.807, 2.05) is 0 Å². The first kappa shape index (κ1) is 13.3. The zero-order chi connectivity index (χ0) is 11.6. The van der Waals surface area contributed by atoms with Gasteiger partial charge in [0.05, 0.1) is 0 Å². The van der Waals surface area contributed by atoms with Gasteiger partial charge in [0.2, 0.25) is 5.57 Å². The summed E-state index contributed by atoms with van der Waals surface area (Å²) < 4.78 is 85.4. The van der Waals surface area contributed by atoms with Crippen molar-refractivity contribution >= 4 is 11.6 Å². The van der Waals surface area contributed by atoms with Crippen LogP contribution in [-0.4, -0.2) is 18.4 Å². The quantitative estimate of drug-likeness (QED) is 0.412. The Hall–Kier alpha value is -0.660. The van der Waals surface area contributed by atoms with E-state index in [1.54, 1.807) is 0 Å². The highest BCUT2D eigenvalue weighted by molar-refractivity contribution is 6.17. The maximum Gasteiger partial charge on any atom is 0.427 e. The molecule has 0 aliphatic carbocycles. The van der Waals surface area contributed by atoms with Gasteiger partial charge < -0.3 is 4.74 Å². The molecule has 84 valence electrons. The molecule has 0 aliphatic heterocycles. The standard InChI is InChI=1S/C5H2ClF7O/c6-1-14-3(7)2(4(8,9)10)5(11,12)13/h1H2. The summed E-state index contributed by atoms with van der Waals surface area (Å²) in [5, 5.41) is 0. The van der Waals surface area contributed by atoms with Crippen LogP contribution in [0.4, 0.5) is 30.7 Å². The second-order valence-electron chi connectivity index (χ2n) is 1.90. The molecule has 0 spiro atoms. The Morgan fingerprint density at radius 2 is 1.36 bits per heavy atom. The Balaban J connectivity index is 5.22. The maximum absolute atomic E-state index is 12.2. The number of allylic oxidation sites excluding steroid dienone is 1. The van der Waals surface area contributed by atoms with Crippen molar-refractivity contribution in [3.05, 3.63) is 11.6 Å². The lowest BCUT2D eigenvalue weighted by molar-refractivity contribution is -0.178. The van der Waals surface area contributed by atoms with E-state index in [9.17, 15) is 30.7 Å². The van der Waals surface area contributed by atoms with Crippen LogP contribution < -0.4 is 0 Å². The fraction of sp³-hybridized carbons (Fsp3) is 0.600. The number of rotatable bonds is 2. The van der Waals surface area contributed by atoms with Gasteiger partial charge in [-0.3, -0.25) is 0 Å². The number of hydrogen-bond acceptors (Lipinski definition) is 1. The number of alkyl halides is 7. The van der Waals surface area contributed by atoms with Crippen molar-refractivity contribution in [1.82, 2.24) is 0 Å². The van der Waals surface area contributed by atoms with Crippen molar-refractivity contribution < 1.29 is 35.5 Å². The Morgan fingerprint density at radius 1 is 1.00 bits per heavy atom. The van der Waals surface area contributed by atoms with Gasteiger partial charge in [-0.1, -0.05) is 11.6 Å². The second-order valence-corrected chi connectivity index (χ2v) is 2.12. The molecule has 0 rings (SSSR count). The molecule has 0 saturated heterocycles. The van der Waals surface area contributed by atoms with Gasteiger partial charge in [0.25, 0.3) is 6.01 Å². The molecule has 0 aliphatic rings. The van der Waals surface area contributed by atoms with Crippen LogP contribution in [0.15, 0.2) is 11.6 Å². The van der Waals surface area contributed by atoms with Gasteiger partial charge in [-0.2, -0.15) is 30.7 Å². The molecule has 0 saturated carbocycles. The lowest BCUT2D eigenvalue weighted by Gasteiger charge is -2.15. The summed E-state index contributed by atoms with van der Waals surface area (Å²) >= 11 is 4.61. The zero-order valence-electron chi connectivity index (χ0n) is 6.14. The average molecular weight is 247 g/mol. The van der Waals surface area contributed by atoms with Gasteiger partial charge in [0, 0.05) is 0 Å². The molecule has 0 aromatic rings. The van der Waals surface area contributed by atoms with Crippen molar-refractivity contribution in [2.45, 2.75) is 12.4 Å². The summed E-state index contributed by atoms with van der Waals surface area (Å²) in [5.41, 5.74) is -3.34. The van der Waals surface area contributed by atoms with Crippen molar-refractivity contribution in [3.63, 3.8) is 0 Å². The van der Waals surface area contributed by atoms with Crippen LogP contribution >= 0.6 is 11.6 Å². The number of halogens is 8. The topological polar surface area (TPSA) is 9.23 Å². The first-order chi connectivity index (χ1) is 6.10. The van der Waals surface area contributed by atoms with E-state index in [-0.39, 0.29) is 0 Å². The van der Waals surface area contributed by atoms with E-state index in [1.165, 1.54) is 0 Å². The van der Waals surface area contributed by atoms with Gasteiger partial charge in [0.1, 0.15) is 0 Å². The predicted molar refractivity (Wildman–Crippen MR) is 32.0 cm³/mol. The van der Waals surface area contributed by atoms with Crippen LogP contribution in [0.5, 0.6) is 0 Å². The molecule has 0 bridgehead atoms. The molecule has 9 heteroatoms. The molecule has 0 aromatic carbocycles. The van der Waals surface area contributed by atoms with Gasteiger partial charge in [-0.05, 0) is 0 Å². The molecule has 0 N–H and O–H groups in total. The highest BCUT2D eigenvalue weighted by atomic mass is 35.5. The van der Waals surface area contributed by atoms with Crippen LogP contribution in [0, 0.1) is 0 Å². The number of hydrogen-bond donors (Lipinski definition) is 0. The summed E-state index contributed by atoms with van der Waals surface area (Å²) in [7, 11) is 0. The van der Waals surface area contributed by atoms with Crippen molar-refractivity contribution in [3.8, 4) is 0 Å². The average Bonchev–Trinajstić information content (AvgIpc) is 1.78. The first-order valence-electron chi connectivity index (χ1n) is 2.83. The van der Waals surface area contributed by atoms with Gasteiger partial charge in [-0.15, -0.1) is 0 Å². The molecule has 14 heavy (non-hydrogen) atoms. The monoisotopic (exact) mass is 246 g/mol. The molecule has 0 aromatic heterocycles. The SMILES string of the molecule is FC(OCCl)=C(C(F)(F)F)C(F)(F)F. The summed E-state index contributed by atoms with van der Waals surface area (Å²) in [6.07, 6.45) is -11.8. The maximum atomic E-state index is 12.2. The normalized spacial score (nSPS) is 12.6. The van der Waals surface area contributed by atoms with Crippen LogP contribution in [0.1, 0.15) is 0 Å². The van der Waals surface area contributed by atoms with E-state index in [2.05, 4.69) is 16.3 Å². The summed E-state index contributed by atoms with van der Waals surface area (Å²) in [6, 6.07) is -3.94. The molecule has 0 fully saturated rings. The van der Waals surface area contributed by atoms with Crippen LogP contribution in [0.3, 0.4) is 0 Å². The van der Waals surface area contributed by atoms with E-state index < -0.39 is 30.0 Å². The highest BCUT2D eigenvalue weighted by Gasteiger charge is 2.55. The molecule has 0 heterocycles. The first-order valence-corrected chi connectivity index (χ1v) is 3.37. The smallest absolute Gasteiger partial charge is 0.427 e. The predicted octanol–water partition coefficient (Wildman–Crippen LogP) is 3.50. The second kappa shape index (κ2) is 4.24. The molecule has 1 nitrogen and oxygen atoms in total. The Kier molecular flexibility index (Phi) is 4.04. The molecule has 0 amide bonds. The Bertz CT molecular complexity index is 211. The minimum absolute atomic E-state index is 1.15. The van der Waals surface area contributed by atoms with Gasteiger partial charge in [0.15, 0.2) is 6.07 Å². The highest BCUT2D eigenvalue weighted by Crippen LogP contribution is 2.41. The zero-order valence-corrected chi connectivity index (χ0v) is 6.89. The lowest BCUT2D eigenvalue weighted by Crippen LogP contribution is -2.27. The van der Waals surface area contributed by atoms with E-state index in [4.69, 9.17) is 0 Å². The van der Waals surface area contributed by atoms with Crippen LogP contribution in [0.25, 0.3) is 0 Å². The van der Waals surface area contributed by atoms with E-state index in [0.29, 0.717) is 0 Å². The van der Waals surface area contributed by atoms with E-state index >= 15 is 0 Å². The minimum atomic E-state index is -5.88. The van der Waals surface area contributed by atoms with Crippen LogP contribution in [0.2, 0.25) is 0 Å². The number of ether oxygens (including phenoxy) is 1. The van der Waals surface area contributed by atoms with Gasteiger partial charge >= 0.3 is 12.4 Å². The minimum Gasteiger partial charge on any atom is -0.454 e. The third-order valence-electron chi connectivity index (χ3n) is 0.945. The van der Waals surface area contributed by atoms with E-state index in [0.717, 1.165) is 0 Å². The molecule has 0 atom stereocenters. The Labute approximate surface area is 78.1 Å². The van der Waals surface area contributed by atoms with Crippen LogP contribution in [-0.2, 0) is 4.74 Å².